The average Bonchev–Trinajstić information content (AvgIpc) is 2.56. The third kappa shape index (κ3) is 3.71. The average molecular weight is 320 g/mol. The molecule has 2 N–H and O–H groups in total. The zero-order valence-electron chi connectivity index (χ0n) is 12.9. The maximum absolute atomic E-state index is 6.18. The van der Waals surface area contributed by atoms with E-state index in [4.69, 9.17) is 19.9 Å². The maximum atomic E-state index is 6.18. The lowest BCUT2D eigenvalue weighted by Crippen LogP contribution is -2.22. The highest BCUT2D eigenvalue weighted by Crippen LogP contribution is 2.42. The number of benzene rings is 1. The number of pyridine rings is 1. The Morgan fingerprint density at radius 1 is 1.05 bits per heavy atom. The molecule has 0 bridgehead atoms. The largest absolute Gasteiger partial charge is 0.480 e. The summed E-state index contributed by atoms with van der Waals surface area (Å²) in [5, 5.41) is -0.144. The number of nitrogens with zero attached hydrogens (tertiary/aromatic N) is 1. The molecule has 0 aliphatic heterocycles. The second-order valence-electron chi connectivity index (χ2n) is 4.51. The molecule has 0 fully saturated rings. The Kier molecular flexibility index (Phi) is 6.06. The van der Waals surface area contributed by atoms with Crippen LogP contribution in [0.2, 0.25) is 0 Å². The minimum absolute atomic E-state index is 0.144. The van der Waals surface area contributed by atoms with Gasteiger partial charge < -0.3 is 19.9 Å². The van der Waals surface area contributed by atoms with E-state index < -0.39 is 6.29 Å². The monoisotopic (exact) mass is 320 g/mol. The van der Waals surface area contributed by atoms with Gasteiger partial charge in [0.1, 0.15) is 0 Å². The van der Waals surface area contributed by atoms with Gasteiger partial charge in [-0.05, 0) is 18.2 Å². The molecule has 1 aromatic carbocycles. The molecule has 6 heteroatoms. The van der Waals surface area contributed by atoms with E-state index in [-0.39, 0.29) is 5.25 Å². The van der Waals surface area contributed by atoms with Gasteiger partial charge in [0.05, 0.1) is 18.0 Å². The van der Waals surface area contributed by atoms with Crippen molar-refractivity contribution in [1.29, 1.82) is 0 Å². The van der Waals surface area contributed by atoms with Gasteiger partial charge in [-0.2, -0.15) is 0 Å². The number of anilines is 1. The van der Waals surface area contributed by atoms with E-state index in [1.807, 2.05) is 36.4 Å². The summed E-state index contributed by atoms with van der Waals surface area (Å²) in [6, 6.07) is 11.9. The van der Waals surface area contributed by atoms with Crippen molar-refractivity contribution in [3.63, 3.8) is 0 Å². The van der Waals surface area contributed by atoms with Crippen molar-refractivity contribution in [2.75, 3.05) is 27.1 Å². The van der Waals surface area contributed by atoms with Crippen molar-refractivity contribution >= 4 is 17.4 Å². The minimum atomic E-state index is -0.445. The lowest BCUT2D eigenvalue weighted by Gasteiger charge is -2.26. The number of nitrogen functional groups attached to an aromatic ring is 1. The molecule has 0 saturated heterocycles. The molecular weight excluding hydrogens is 300 g/mol. The highest BCUT2D eigenvalue weighted by molar-refractivity contribution is 7.99. The summed E-state index contributed by atoms with van der Waals surface area (Å²) in [6.45, 7) is 0. The number of methoxy groups -OCH3 is 3. The lowest BCUT2D eigenvalue weighted by molar-refractivity contribution is -0.102. The van der Waals surface area contributed by atoms with E-state index in [0.29, 0.717) is 11.6 Å². The molecule has 1 aromatic heterocycles. The van der Waals surface area contributed by atoms with Gasteiger partial charge in [0.25, 0.3) is 0 Å². The van der Waals surface area contributed by atoms with Crippen LogP contribution < -0.4 is 10.5 Å². The third-order valence-electron chi connectivity index (χ3n) is 3.21. The van der Waals surface area contributed by atoms with Crippen LogP contribution in [0.25, 0.3) is 0 Å². The molecule has 0 aliphatic rings. The second-order valence-corrected chi connectivity index (χ2v) is 5.73. The van der Waals surface area contributed by atoms with Crippen LogP contribution in [0.3, 0.4) is 0 Å². The molecular formula is C16H20N2O3S. The Morgan fingerprint density at radius 2 is 1.73 bits per heavy atom. The van der Waals surface area contributed by atoms with Crippen LogP contribution in [0, 0.1) is 0 Å². The number of ether oxygens (including phenoxy) is 3. The summed E-state index contributed by atoms with van der Waals surface area (Å²) >= 11 is 1.62. The van der Waals surface area contributed by atoms with Crippen LogP contribution in [0.1, 0.15) is 10.8 Å². The first-order valence-corrected chi connectivity index (χ1v) is 7.64. The van der Waals surface area contributed by atoms with Crippen molar-refractivity contribution in [2.24, 2.45) is 0 Å². The number of hydrogen-bond acceptors (Lipinski definition) is 6. The molecule has 0 amide bonds. The molecule has 5 nitrogen and oxygen atoms in total. The Bertz CT molecular complexity index is 591. The second kappa shape index (κ2) is 8.03. The predicted octanol–water partition coefficient (Wildman–Crippen LogP) is 3.12. The summed E-state index contributed by atoms with van der Waals surface area (Å²) in [4.78, 5) is 5.22. The number of rotatable bonds is 7. The predicted molar refractivity (Wildman–Crippen MR) is 88.0 cm³/mol. The van der Waals surface area contributed by atoms with Crippen molar-refractivity contribution in [2.45, 2.75) is 16.4 Å². The number of nitrogens with two attached hydrogens (primary N) is 1. The van der Waals surface area contributed by atoms with Crippen LogP contribution in [0.15, 0.2) is 47.5 Å². The van der Waals surface area contributed by atoms with Crippen LogP contribution >= 0.6 is 11.8 Å². The normalized spacial score (nSPS) is 12.4. The van der Waals surface area contributed by atoms with E-state index in [1.165, 1.54) is 0 Å². The van der Waals surface area contributed by atoms with Crippen LogP contribution in [0.5, 0.6) is 5.88 Å². The van der Waals surface area contributed by atoms with E-state index in [0.717, 1.165) is 10.5 Å². The molecule has 2 rings (SSSR count). The minimum Gasteiger partial charge on any atom is -0.480 e. The van der Waals surface area contributed by atoms with E-state index in [9.17, 15) is 0 Å². The SMILES string of the molecule is COc1nccc(C(Sc2ccccc2)C(OC)OC)c1N. The Balaban J connectivity index is 2.40. The fraction of sp³-hybridized carbons (Fsp3) is 0.312. The molecule has 0 spiro atoms. The van der Waals surface area contributed by atoms with Crippen LogP contribution in [-0.4, -0.2) is 32.6 Å². The summed E-state index contributed by atoms with van der Waals surface area (Å²) in [6.07, 6.45) is 1.23. The first-order valence-electron chi connectivity index (χ1n) is 6.77. The van der Waals surface area contributed by atoms with E-state index in [2.05, 4.69) is 4.98 Å². The van der Waals surface area contributed by atoms with Gasteiger partial charge in [-0.3, -0.25) is 0 Å². The fourth-order valence-electron chi connectivity index (χ4n) is 2.13. The zero-order chi connectivity index (χ0) is 15.9. The number of thioether (sulfide) groups is 1. The summed E-state index contributed by atoms with van der Waals surface area (Å²) in [7, 11) is 4.77. The van der Waals surface area contributed by atoms with Gasteiger partial charge in [0, 0.05) is 30.9 Å². The summed E-state index contributed by atoms with van der Waals surface area (Å²) in [5.41, 5.74) is 7.55. The van der Waals surface area contributed by atoms with Crippen LogP contribution in [0.4, 0.5) is 5.69 Å². The Hall–Kier alpha value is -1.76. The van der Waals surface area contributed by atoms with Gasteiger partial charge in [-0.15, -0.1) is 11.8 Å². The standard InChI is InChI=1S/C16H20N2O3S/c1-19-15-13(17)12(9-10-18-15)14(16(20-2)21-3)22-11-7-5-4-6-8-11/h4-10,14,16H,17H2,1-3H3. The first kappa shape index (κ1) is 16.6. The van der Waals surface area contributed by atoms with Crippen molar-refractivity contribution < 1.29 is 14.2 Å². The summed E-state index contributed by atoms with van der Waals surface area (Å²) < 4.78 is 16.1. The molecule has 1 unspecified atom stereocenters. The number of hydrogen-bond donors (Lipinski definition) is 1. The van der Waals surface area contributed by atoms with Gasteiger partial charge >= 0.3 is 0 Å². The number of aromatic nitrogens is 1. The van der Waals surface area contributed by atoms with Crippen molar-refractivity contribution in [3.8, 4) is 5.88 Å². The van der Waals surface area contributed by atoms with Gasteiger partial charge in [0.15, 0.2) is 6.29 Å². The highest BCUT2D eigenvalue weighted by Gasteiger charge is 2.27. The molecule has 2 aromatic rings. The molecule has 118 valence electrons. The Labute approximate surface area is 134 Å². The molecule has 0 radical (unpaired) electrons. The molecule has 1 heterocycles. The van der Waals surface area contributed by atoms with Gasteiger partial charge in [-0.25, -0.2) is 4.98 Å². The van der Waals surface area contributed by atoms with Gasteiger partial charge in [0.2, 0.25) is 5.88 Å². The highest BCUT2D eigenvalue weighted by atomic mass is 32.2. The molecule has 1 atom stereocenters. The third-order valence-corrected chi connectivity index (χ3v) is 4.48. The van der Waals surface area contributed by atoms with Gasteiger partial charge in [-0.1, -0.05) is 18.2 Å². The summed E-state index contributed by atoms with van der Waals surface area (Å²) in [5.74, 6) is 0.405. The zero-order valence-corrected chi connectivity index (χ0v) is 13.7. The quantitative estimate of drug-likeness (QED) is 0.624. The smallest absolute Gasteiger partial charge is 0.237 e. The van der Waals surface area contributed by atoms with Crippen LogP contribution in [-0.2, 0) is 9.47 Å². The molecule has 0 saturated carbocycles. The van der Waals surface area contributed by atoms with Crippen molar-refractivity contribution in [1.82, 2.24) is 4.98 Å². The topological polar surface area (TPSA) is 66.6 Å². The van der Waals surface area contributed by atoms with Crippen molar-refractivity contribution in [3.05, 3.63) is 48.2 Å². The first-order chi connectivity index (χ1) is 10.7. The lowest BCUT2D eigenvalue weighted by atomic mass is 10.1. The van der Waals surface area contributed by atoms with E-state index >= 15 is 0 Å². The van der Waals surface area contributed by atoms with E-state index in [1.54, 1.807) is 39.3 Å². The Morgan fingerprint density at radius 3 is 2.32 bits per heavy atom. The molecule has 0 aliphatic carbocycles. The maximum Gasteiger partial charge on any atom is 0.237 e. The molecule has 22 heavy (non-hydrogen) atoms. The fourth-order valence-corrected chi connectivity index (χ4v) is 3.41.